The van der Waals surface area contributed by atoms with Crippen molar-refractivity contribution in [3.63, 3.8) is 0 Å². The summed E-state index contributed by atoms with van der Waals surface area (Å²) in [5.41, 5.74) is -0.417. The molecule has 196 valence electrons. The number of furan rings is 1. The number of alkyl halides is 3. The fourth-order valence-corrected chi connectivity index (χ4v) is 3.63. The first kappa shape index (κ1) is 26.7. The number of aromatic nitrogens is 2. The van der Waals surface area contributed by atoms with Crippen LogP contribution in [0.3, 0.4) is 0 Å². The monoisotopic (exact) mass is 542 g/mol. The van der Waals surface area contributed by atoms with Crippen molar-refractivity contribution in [3.05, 3.63) is 107 Å². The number of benzene rings is 2. The second-order valence-corrected chi connectivity index (χ2v) is 8.65. The molecule has 2 aromatic carbocycles. The number of aryl methyl sites for hydroxylation is 1. The van der Waals surface area contributed by atoms with E-state index < -0.39 is 23.6 Å². The number of imidazole rings is 1. The van der Waals surface area contributed by atoms with Crippen LogP contribution in [-0.2, 0) is 17.5 Å². The van der Waals surface area contributed by atoms with Crippen LogP contribution in [0.2, 0.25) is 5.02 Å². The summed E-state index contributed by atoms with van der Waals surface area (Å²) in [5.74, 6) is -0.773. The lowest BCUT2D eigenvalue weighted by molar-refractivity contribution is -0.137. The molecule has 0 radical (unpaired) electrons. The normalized spacial score (nSPS) is 11.8. The average Bonchev–Trinajstić information content (AvgIpc) is 3.58. The van der Waals surface area contributed by atoms with Gasteiger partial charge in [-0.1, -0.05) is 23.7 Å². The Kier molecular flexibility index (Phi) is 8.32. The van der Waals surface area contributed by atoms with Crippen molar-refractivity contribution < 1.29 is 27.2 Å². The molecule has 0 unspecified atom stereocenters. The van der Waals surface area contributed by atoms with Gasteiger partial charge in [-0.2, -0.15) is 13.2 Å². The second kappa shape index (κ2) is 11.8. The third kappa shape index (κ3) is 7.13. The first-order valence-corrected chi connectivity index (χ1v) is 11.9. The summed E-state index contributed by atoms with van der Waals surface area (Å²) in [6, 6.07) is 13.8. The molecular weight excluding hydrogens is 521 g/mol. The second-order valence-electron chi connectivity index (χ2n) is 8.21. The van der Waals surface area contributed by atoms with Crippen molar-refractivity contribution in [2.24, 2.45) is 0 Å². The third-order valence-electron chi connectivity index (χ3n) is 5.42. The first-order valence-electron chi connectivity index (χ1n) is 11.5. The van der Waals surface area contributed by atoms with E-state index in [0.29, 0.717) is 24.5 Å². The van der Waals surface area contributed by atoms with E-state index >= 15 is 0 Å². The zero-order valence-electron chi connectivity index (χ0n) is 19.8. The van der Waals surface area contributed by atoms with Crippen LogP contribution >= 0.6 is 11.6 Å². The summed E-state index contributed by atoms with van der Waals surface area (Å²) < 4.78 is 46.9. The maximum Gasteiger partial charge on any atom is 0.416 e. The minimum Gasteiger partial charge on any atom is -0.457 e. The number of carbonyl (C=O) groups is 2. The summed E-state index contributed by atoms with van der Waals surface area (Å²) in [7, 11) is 0. The molecule has 0 aliphatic carbocycles. The van der Waals surface area contributed by atoms with Crippen LogP contribution in [-0.4, -0.2) is 27.9 Å². The molecule has 4 rings (SSSR count). The van der Waals surface area contributed by atoms with Gasteiger partial charge in [-0.25, -0.2) is 4.98 Å². The average molecular weight is 543 g/mol. The lowest BCUT2D eigenvalue weighted by Gasteiger charge is -2.11. The number of hydrogen-bond donors (Lipinski definition) is 2. The van der Waals surface area contributed by atoms with E-state index in [9.17, 15) is 22.8 Å². The van der Waals surface area contributed by atoms with Gasteiger partial charge >= 0.3 is 6.18 Å². The number of nitrogens with one attached hydrogen (secondary N) is 2. The maximum atomic E-state index is 13.1. The van der Waals surface area contributed by atoms with Crippen LogP contribution in [0.4, 0.5) is 13.2 Å². The van der Waals surface area contributed by atoms with Gasteiger partial charge in [-0.15, -0.1) is 0 Å². The lowest BCUT2D eigenvalue weighted by atomic mass is 10.1. The molecule has 7 nitrogen and oxygen atoms in total. The molecule has 0 aliphatic rings. The van der Waals surface area contributed by atoms with Gasteiger partial charge in [-0.3, -0.25) is 9.59 Å². The molecule has 0 spiro atoms. The predicted molar refractivity (Wildman–Crippen MR) is 136 cm³/mol. The van der Waals surface area contributed by atoms with Crippen molar-refractivity contribution in [1.82, 2.24) is 20.2 Å². The number of carbonyl (C=O) groups excluding carboxylic acids is 2. The lowest BCUT2D eigenvalue weighted by Crippen LogP contribution is -2.35. The molecule has 2 N–H and O–H groups in total. The summed E-state index contributed by atoms with van der Waals surface area (Å²) in [6.07, 6.45) is 2.55. The van der Waals surface area contributed by atoms with E-state index in [1.54, 1.807) is 30.9 Å². The first-order chi connectivity index (χ1) is 18.2. The summed E-state index contributed by atoms with van der Waals surface area (Å²) in [6.45, 7) is 0.952. The van der Waals surface area contributed by atoms with Gasteiger partial charge in [0.25, 0.3) is 11.8 Å². The quantitative estimate of drug-likeness (QED) is 0.207. The number of halogens is 4. The largest absolute Gasteiger partial charge is 0.457 e. The molecule has 0 saturated carbocycles. The molecule has 0 atom stereocenters. The van der Waals surface area contributed by atoms with Crippen LogP contribution in [0.15, 0.2) is 89.5 Å². The highest BCUT2D eigenvalue weighted by atomic mass is 35.5. The highest BCUT2D eigenvalue weighted by Gasteiger charge is 2.30. The molecule has 0 bridgehead atoms. The molecule has 0 fully saturated rings. The van der Waals surface area contributed by atoms with Crippen LogP contribution in [0, 0.1) is 0 Å². The Morgan fingerprint density at radius 1 is 1.08 bits per heavy atom. The summed E-state index contributed by atoms with van der Waals surface area (Å²) >= 11 is 5.89. The van der Waals surface area contributed by atoms with Crippen molar-refractivity contribution in [3.8, 4) is 11.3 Å². The SMILES string of the molecule is O=C(NCCCn1ccnc1)/C(=C\c1ccc(-c2cccc(C(F)(F)F)c2)o1)NC(=O)c1ccc(Cl)cc1. The molecule has 38 heavy (non-hydrogen) atoms. The maximum absolute atomic E-state index is 13.1. The highest BCUT2D eigenvalue weighted by Crippen LogP contribution is 2.32. The van der Waals surface area contributed by atoms with E-state index in [1.807, 2.05) is 4.57 Å². The van der Waals surface area contributed by atoms with Gasteiger partial charge in [0.2, 0.25) is 0 Å². The molecule has 0 saturated heterocycles. The van der Waals surface area contributed by atoms with E-state index in [-0.39, 0.29) is 28.3 Å². The third-order valence-corrected chi connectivity index (χ3v) is 5.68. The highest BCUT2D eigenvalue weighted by molar-refractivity contribution is 6.30. The van der Waals surface area contributed by atoms with Gasteiger partial charge in [-0.05, 0) is 55.0 Å². The van der Waals surface area contributed by atoms with Crippen LogP contribution < -0.4 is 10.6 Å². The van der Waals surface area contributed by atoms with Gasteiger partial charge in [0, 0.05) is 47.7 Å². The summed E-state index contributed by atoms with van der Waals surface area (Å²) in [5, 5.41) is 5.78. The van der Waals surface area contributed by atoms with E-state index in [4.69, 9.17) is 16.0 Å². The fraction of sp³-hybridized carbons (Fsp3) is 0.148. The zero-order valence-corrected chi connectivity index (χ0v) is 20.6. The Morgan fingerprint density at radius 3 is 2.58 bits per heavy atom. The minimum absolute atomic E-state index is 0.0995. The Bertz CT molecular complexity index is 1430. The van der Waals surface area contributed by atoms with Crippen LogP contribution in [0.25, 0.3) is 17.4 Å². The topological polar surface area (TPSA) is 89.2 Å². The van der Waals surface area contributed by atoms with Crippen molar-refractivity contribution >= 4 is 29.5 Å². The minimum atomic E-state index is -4.50. The van der Waals surface area contributed by atoms with Crippen LogP contribution in [0.5, 0.6) is 0 Å². The van der Waals surface area contributed by atoms with E-state index in [2.05, 4.69) is 15.6 Å². The Hall–Kier alpha value is -4.31. The predicted octanol–water partition coefficient (Wildman–Crippen LogP) is 5.79. The van der Waals surface area contributed by atoms with E-state index in [1.165, 1.54) is 42.5 Å². The molecule has 2 aromatic heterocycles. The Labute approximate surface area is 220 Å². The molecular formula is C27H22ClF3N4O3. The van der Waals surface area contributed by atoms with Gasteiger partial charge in [0.15, 0.2) is 0 Å². The van der Waals surface area contributed by atoms with Gasteiger partial charge in [0.05, 0.1) is 11.9 Å². The Balaban J connectivity index is 1.53. The van der Waals surface area contributed by atoms with Gasteiger partial charge < -0.3 is 19.6 Å². The molecule has 0 aliphatic heterocycles. The van der Waals surface area contributed by atoms with Gasteiger partial charge in [0.1, 0.15) is 17.2 Å². The number of nitrogens with zero attached hydrogens (tertiary/aromatic N) is 2. The van der Waals surface area contributed by atoms with Crippen LogP contribution in [0.1, 0.15) is 28.1 Å². The zero-order chi connectivity index (χ0) is 27.1. The fourth-order valence-electron chi connectivity index (χ4n) is 3.51. The number of amides is 2. The molecule has 11 heteroatoms. The Morgan fingerprint density at radius 2 is 1.87 bits per heavy atom. The number of hydrogen-bond acceptors (Lipinski definition) is 4. The smallest absolute Gasteiger partial charge is 0.416 e. The number of rotatable bonds is 9. The van der Waals surface area contributed by atoms with E-state index in [0.717, 1.165) is 12.1 Å². The summed E-state index contributed by atoms with van der Waals surface area (Å²) in [4.78, 5) is 29.7. The van der Waals surface area contributed by atoms with Crippen molar-refractivity contribution in [1.29, 1.82) is 0 Å². The molecule has 4 aromatic rings. The van der Waals surface area contributed by atoms with Crippen molar-refractivity contribution in [2.75, 3.05) is 6.54 Å². The molecule has 2 amide bonds. The van der Waals surface area contributed by atoms with Crippen molar-refractivity contribution in [2.45, 2.75) is 19.1 Å². The standard InChI is InChI=1S/C27H22ClF3N4O3/c28-21-7-5-18(6-8-21)25(36)34-23(26(37)33-11-2-13-35-14-12-32-17-35)16-22-9-10-24(38-22)19-3-1-4-20(15-19)27(29,30)31/h1,3-10,12,14-17H,2,11,13H2,(H,33,37)(H,34,36)/b23-16+. The molecule has 2 heterocycles.